The fraction of sp³-hybridized carbons (Fsp3) is 0.160. The lowest BCUT2D eigenvalue weighted by Crippen LogP contribution is -2.24. The van der Waals surface area contributed by atoms with Gasteiger partial charge in [0.25, 0.3) is 5.91 Å². The van der Waals surface area contributed by atoms with Crippen LogP contribution in [0, 0.1) is 0 Å². The van der Waals surface area contributed by atoms with E-state index in [1.807, 2.05) is 42.5 Å². The number of oxazole rings is 1. The lowest BCUT2D eigenvalue weighted by atomic mass is 10.1. The molecule has 0 bridgehead atoms. The van der Waals surface area contributed by atoms with E-state index in [0.717, 1.165) is 16.7 Å². The van der Waals surface area contributed by atoms with Crippen molar-refractivity contribution in [3.63, 3.8) is 0 Å². The molecule has 0 saturated carbocycles. The molecule has 4 rings (SSSR count). The highest BCUT2D eigenvalue weighted by molar-refractivity contribution is 6.42. The Hall–Kier alpha value is -3.19. The van der Waals surface area contributed by atoms with Gasteiger partial charge in [-0.15, -0.1) is 0 Å². The van der Waals surface area contributed by atoms with Crippen LogP contribution in [-0.2, 0) is 26.2 Å². The minimum absolute atomic E-state index is 0.239. The molecule has 0 aliphatic rings. The third kappa shape index (κ3) is 6.65. The minimum Gasteiger partial charge on any atom is -0.447 e. The van der Waals surface area contributed by atoms with Gasteiger partial charge in [0.05, 0.1) is 16.6 Å². The normalized spacial score (nSPS) is 11.0. The molecule has 1 amide bonds. The van der Waals surface area contributed by atoms with E-state index < -0.39 is 0 Å². The van der Waals surface area contributed by atoms with E-state index in [4.69, 9.17) is 27.6 Å². The molecule has 0 aliphatic heterocycles. The Morgan fingerprint density at radius 1 is 0.909 bits per heavy atom. The molecular weight excluding hydrogens is 459 g/mol. The third-order valence-electron chi connectivity index (χ3n) is 4.96. The first-order valence-electron chi connectivity index (χ1n) is 10.4. The van der Waals surface area contributed by atoms with Gasteiger partial charge in [0.1, 0.15) is 6.26 Å². The molecule has 8 heteroatoms. The summed E-state index contributed by atoms with van der Waals surface area (Å²) in [5.74, 6) is 0.158. The van der Waals surface area contributed by atoms with E-state index in [1.54, 1.807) is 18.5 Å². The number of nitrogens with one attached hydrogen (secondary N) is 1. The largest absolute Gasteiger partial charge is 0.447 e. The standard InChI is InChI=1S/C25H22Cl2N4O2/c26-21-9-8-19(11-22(21)27)15-31(14-18-5-2-1-3-6-18)16-24-30-23(17-33-24)25(32)29-13-20-7-4-10-28-12-20/h1-12,17H,13-16H2,(H,29,32). The van der Waals surface area contributed by atoms with Crippen molar-refractivity contribution in [2.75, 3.05) is 0 Å². The monoisotopic (exact) mass is 480 g/mol. The van der Waals surface area contributed by atoms with Crippen molar-refractivity contribution in [3.05, 3.63) is 118 Å². The molecule has 0 fully saturated rings. The fourth-order valence-corrected chi connectivity index (χ4v) is 3.68. The Morgan fingerprint density at radius 3 is 2.45 bits per heavy atom. The van der Waals surface area contributed by atoms with Crippen molar-refractivity contribution in [2.24, 2.45) is 0 Å². The predicted molar refractivity (Wildman–Crippen MR) is 128 cm³/mol. The molecule has 1 N–H and O–H groups in total. The summed E-state index contributed by atoms with van der Waals surface area (Å²) in [5, 5.41) is 3.86. The number of amides is 1. The molecule has 0 saturated heterocycles. The molecule has 0 atom stereocenters. The number of carbonyl (C=O) groups excluding carboxylic acids is 1. The van der Waals surface area contributed by atoms with Crippen LogP contribution in [0.2, 0.25) is 10.0 Å². The summed E-state index contributed by atoms with van der Waals surface area (Å²) in [6.07, 6.45) is 4.78. The summed E-state index contributed by atoms with van der Waals surface area (Å²) in [4.78, 5) is 23.1. The van der Waals surface area contributed by atoms with Gasteiger partial charge >= 0.3 is 0 Å². The molecule has 0 spiro atoms. The molecule has 168 valence electrons. The van der Waals surface area contributed by atoms with Crippen LogP contribution in [0.5, 0.6) is 0 Å². The van der Waals surface area contributed by atoms with Gasteiger partial charge in [-0.05, 0) is 34.9 Å². The van der Waals surface area contributed by atoms with Gasteiger partial charge in [-0.25, -0.2) is 4.98 Å². The molecular formula is C25H22Cl2N4O2. The number of rotatable bonds is 9. The van der Waals surface area contributed by atoms with Gasteiger partial charge in [-0.1, -0.05) is 65.7 Å². The van der Waals surface area contributed by atoms with Crippen LogP contribution in [0.25, 0.3) is 0 Å². The molecule has 33 heavy (non-hydrogen) atoms. The van der Waals surface area contributed by atoms with Crippen molar-refractivity contribution >= 4 is 29.1 Å². The van der Waals surface area contributed by atoms with E-state index in [9.17, 15) is 4.79 Å². The highest BCUT2D eigenvalue weighted by Gasteiger charge is 2.16. The topological polar surface area (TPSA) is 71.3 Å². The van der Waals surface area contributed by atoms with Gasteiger partial charge < -0.3 is 9.73 Å². The second kappa shape index (κ2) is 11.1. The first kappa shape index (κ1) is 23.0. The van der Waals surface area contributed by atoms with Gasteiger partial charge in [0, 0.05) is 32.0 Å². The number of hydrogen-bond donors (Lipinski definition) is 1. The van der Waals surface area contributed by atoms with E-state index in [1.165, 1.54) is 6.26 Å². The Labute approximate surface area is 202 Å². The van der Waals surface area contributed by atoms with Crippen molar-refractivity contribution in [3.8, 4) is 0 Å². The van der Waals surface area contributed by atoms with Crippen LogP contribution < -0.4 is 5.32 Å². The highest BCUT2D eigenvalue weighted by Crippen LogP contribution is 2.24. The molecule has 0 radical (unpaired) electrons. The van der Waals surface area contributed by atoms with Crippen molar-refractivity contribution < 1.29 is 9.21 Å². The molecule has 0 aliphatic carbocycles. The summed E-state index contributed by atoms with van der Waals surface area (Å²) in [5.41, 5.74) is 3.31. The summed E-state index contributed by atoms with van der Waals surface area (Å²) in [6, 6.07) is 19.4. The average molecular weight is 481 g/mol. The number of carbonyl (C=O) groups is 1. The summed E-state index contributed by atoms with van der Waals surface area (Å²) in [6.45, 7) is 2.07. The second-order valence-electron chi connectivity index (χ2n) is 7.55. The van der Waals surface area contributed by atoms with Crippen LogP contribution in [0.4, 0.5) is 0 Å². The maximum absolute atomic E-state index is 12.5. The molecule has 4 aromatic rings. The summed E-state index contributed by atoms with van der Waals surface area (Å²) >= 11 is 12.3. The second-order valence-corrected chi connectivity index (χ2v) is 8.36. The number of nitrogens with zero attached hydrogens (tertiary/aromatic N) is 3. The Balaban J connectivity index is 1.44. The molecule has 2 aromatic carbocycles. The van der Waals surface area contributed by atoms with Crippen LogP contribution in [0.15, 0.2) is 83.7 Å². The lowest BCUT2D eigenvalue weighted by molar-refractivity contribution is 0.0945. The first-order chi connectivity index (χ1) is 16.1. The van der Waals surface area contributed by atoms with Crippen molar-refractivity contribution in [1.29, 1.82) is 0 Å². The highest BCUT2D eigenvalue weighted by atomic mass is 35.5. The van der Waals surface area contributed by atoms with Crippen LogP contribution in [0.3, 0.4) is 0 Å². The van der Waals surface area contributed by atoms with Gasteiger partial charge in [-0.3, -0.25) is 14.7 Å². The number of aromatic nitrogens is 2. The van der Waals surface area contributed by atoms with Gasteiger partial charge in [-0.2, -0.15) is 0 Å². The van der Waals surface area contributed by atoms with Gasteiger partial charge in [0.2, 0.25) is 5.89 Å². The number of halogens is 2. The average Bonchev–Trinajstić information content (AvgIpc) is 3.30. The van der Waals surface area contributed by atoms with Crippen LogP contribution in [-0.4, -0.2) is 20.8 Å². The fourth-order valence-electron chi connectivity index (χ4n) is 3.36. The number of pyridine rings is 1. The predicted octanol–water partition coefficient (Wildman–Crippen LogP) is 5.51. The zero-order valence-corrected chi connectivity index (χ0v) is 19.3. The third-order valence-corrected chi connectivity index (χ3v) is 5.70. The quantitative estimate of drug-likeness (QED) is 0.342. The zero-order chi connectivity index (χ0) is 23.0. The maximum atomic E-state index is 12.5. The summed E-state index contributed by atoms with van der Waals surface area (Å²) < 4.78 is 5.61. The maximum Gasteiger partial charge on any atom is 0.273 e. The molecule has 0 unspecified atom stereocenters. The molecule has 2 aromatic heterocycles. The van der Waals surface area contributed by atoms with Crippen molar-refractivity contribution in [1.82, 2.24) is 20.2 Å². The molecule has 2 heterocycles. The van der Waals surface area contributed by atoms with E-state index in [2.05, 4.69) is 32.3 Å². The van der Waals surface area contributed by atoms with E-state index >= 15 is 0 Å². The zero-order valence-electron chi connectivity index (χ0n) is 17.7. The Morgan fingerprint density at radius 2 is 1.70 bits per heavy atom. The first-order valence-corrected chi connectivity index (χ1v) is 11.1. The van der Waals surface area contributed by atoms with Crippen LogP contribution in [0.1, 0.15) is 33.1 Å². The van der Waals surface area contributed by atoms with Crippen molar-refractivity contribution in [2.45, 2.75) is 26.2 Å². The number of hydrogen-bond acceptors (Lipinski definition) is 5. The lowest BCUT2D eigenvalue weighted by Gasteiger charge is -2.21. The van der Waals surface area contributed by atoms with Crippen LogP contribution >= 0.6 is 23.2 Å². The summed E-state index contributed by atoms with van der Waals surface area (Å²) in [7, 11) is 0. The Kier molecular flexibility index (Phi) is 7.73. The van der Waals surface area contributed by atoms with E-state index in [-0.39, 0.29) is 11.6 Å². The Bertz CT molecular complexity index is 1200. The van der Waals surface area contributed by atoms with Gasteiger partial charge in [0.15, 0.2) is 5.69 Å². The number of benzene rings is 2. The minimum atomic E-state index is -0.298. The molecule has 6 nitrogen and oxygen atoms in total. The SMILES string of the molecule is O=C(NCc1cccnc1)c1coc(CN(Cc2ccccc2)Cc2ccc(Cl)c(Cl)c2)n1. The smallest absolute Gasteiger partial charge is 0.273 e. The van der Waals surface area contributed by atoms with E-state index in [0.29, 0.717) is 42.1 Å².